The van der Waals surface area contributed by atoms with Crippen molar-refractivity contribution in [2.75, 3.05) is 26.2 Å². The van der Waals surface area contributed by atoms with Crippen molar-refractivity contribution in [3.8, 4) is 0 Å². The van der Waals surface area contributed by atoms with Crippen LogP contribution in [0.5, 0.6) is 0 Å². The van der Waals surface area contributed by atoms with Gasteiger partial charge in [0.2, 0.25) is 0 Å². The molecule has 1 aromatic heterocycles. The minimum atomic E-state index is 1.03. The molecule has 0 amide bonds. The fourth-order valence-corrected chi connectivity index (χ4v) is 3.12. The maximum atomic E-state index is 3.57. The van der Waals surface area contributed by atoms with E-state index in [1.807, 2.05) is 11.3 Å². The number of rotatable bonds is 9. The molecule has 3 rings (SSSR count). The van der Waals surface area contributed by atoms with Crippen LogP contribution in [0.4, 0.5) is 0 Å². The minimum Gasteiger partial charge on any atom is -0.311 e. The number of hydrogen-bond acceptors (Lipinski definition) is 3. The second-order valence-electron chi connectivity index (χ2n) is 5.90. The van der Waals surface area contributed by atoms with E-state index < -0.39 is 0 Å². The third kappa shape index (κ3) is 4.38. The van der Waals surface area contributed by atoms with Crippen molar-refractivity contribution < 1.29 is 0 Å². The van der Waals surface area contributed by atoms with Crippen LogP contribution in [0.1, 0.15) is 30.6 Å². The molecule has 0 aliphatic heterocycles. The molecular formula is C15H24N2S. The third-order valence-corrected chi connectivity index (χ3v) is 4.79. The second-order valence-corrected chi connectivity index (χ2v) is 6.93. The normalized spacial score (nSPS) is 19.6. The van der Waals surface area contributed by atoms with Gasteiger partial charge >= 0.3 is 0 Å². The first-order valence-corrected chi connectivity index (χ1v) is 8.23. The molecule has 2 saturated carbocycles. The average Bonchev–Trinajstić information content (AvgIpc) is 3.29. The molecule has 0 aromatic carbocycles. The van der Waals surface area contributed by atoms with Gasteiger partial charge in [0.1, 0.15) is 0 Å². The van der Waals surface area contributed by atoms with Crippen LogP contribution in [0, 0.1) is 11.8 Å². The van der Waals surface area contributed by atoms with Crippen molar-refractivity contribution >= 4 is 11.3 Å². The Morgan fingerprint density at radius 1 is 1.17 bits per heavy atom. The molecule has 2 aliphatic rings. The van der Waals surface area contributed by atoms with Crippen LogP contribution < -0.4 is 5.32 Å². The van der Waals surface area contributed by atoms with Gasteiger partial charge in [-0.2, -0.15) is 0 Å². The van der Waals surface area contributed by atoms with E-state index in [1.165, 1.54) is 50.2 Å². The number of nitrogens with zero attached hydrogens (tertiary/aromatic N) is 1. The van der Waals surface area contributed by atoms with E-state index in [-0.39, 0.29) is 0 Å². The summed E-state index contributed by atoms with van der Waals surface area (Å²) < 4.78 is 0. The van der Waals surface area contributed by atoms with Gasteiger partial charge in [-0.15, -0.1) is 11.3 Å². The number of thiophene rings is 1. The Balaban J connectivity index is 1.33. The second kappa shape index (κ2) is 6.18. The molecule has 2 fully saturated rings. The Morgan fingerprint density at radius 3 is 2.44 bits per heavy atom. The molecule has 0 bridgehead atoms. The smallest absolute Gasteiger partial charge is 0.0300 e. The van der Waals surface area contributed by atoms with E-state index in [9.17, 15) is 0 Å². The first-order chi connectivity index (χ1) is 8.90. The quantitative estimate of drug-likeness (QED) is 0.690. The Bertz CT molecular complexity index is 327. The maximum absolute atomic E-state index is 3.57. The molecule has 0 saturated heterocycles. The highest BCUT2D eigenvalue weighted by Crippen LogP contribution is 2.33. The lowest BCUT2D eigenvalue weighted by atomic mass is 10.3. The predicted molar refractivity (Wildman–Crippen MR) is 77.9 cm³/mol. The molecule has 1 aromatic rings. The molecule has 0 unspecified atom stereocenters. The van der Waals surface area contributed by atoms with Crippen molar-refractivity contribution in [2.24, 2.45) is 11.8 Å². The summed E-state index contributed by atoms with van der Waals surface area (Å²) in [7, 11) is 0. The van der Waals surface area contributed by atoms with E-state index in [0.717, 1.165) is 24.9 Å². The Kier molecular flexibility index (Phi) is 4.34. The molecule has 0 radical (unpaired) electrons. The minimum absolute atomic E-state index is 1.03. The lowest BCUT2D eigenvalue weighted by molar-refractivity contribution is 0.252. The van der Waals surface area contributed by atoms with Crippen LogP contribution in [0.25, 0.3) is 0 Å². The summed E-state index contributed by atoms with van der Waals surface area (Å²) in [6.45, 7) is 6.13. The summed E-state index contributed by atoms with van der Waals surface area (Å²) in [5, 5.41) is 5.73. The number of hydrogen-bond donors (Lipinski definition) is 1. The molecular weight excluding hydrogens is 240 g/mol. The molecule has 1 N–H and O–H groups in total. The van der Waals surface area contributed by atoms with Crippen LogP contribution in [-0.4, -0.2) is 31.1 Å². The molecule has 1 heterocycles. The van der Waals surface area contributed by atoms with E-state index in [1.54, 1.807) is 0 Å². The van der Waals surface area contributed by atoms with Crippen molar-refractivity contribution in [1.29, 1.82) is 0 Å². The topological polar surface area (TPSA) is 15.3 Å². The van der Waals surface area contributed by atoms with Gasteiger partial charge in [-0.05, 0) is 49.0 Å². The van der Waals surface area contributed by atoms with E-state index in [0.29, 0.717) is 0 Å². The lowest BCUT2D eigenvalue weighted by Gasteiger charge is -2.22. The monoisotopic (exact) mass is 264 g/mol. The van der Waals surface area contributed by atoms with Gasteiger partial charge in [0.25, 0.3) is 0 Å². The van der Waals surface area contributed by atoms with Crippen molar-refractivity contribution in [2.45, 2.75) is 32.2 Å². The van der Waals surface area contributed by atoms with E-state index >= 15 is 0 Å². The highest BCUT2D eigenvalue weighted by Gasteiger charge is 2.28. The molecule has 2 nitrogen and oxygen atoms in total. The summed E-state index contributed by atoms with van der Waals surface area (Å²) in [5.41, 5.74) is 0. The molecule has 0 atom stereocenters. The Morgan fingerprint density at radius 2 is 1.89 bits per heavy atom. The maximum Gasteiger partial charge on any atom is 0.0300 e. The van der Waals surface area contributed by atoms with Crippen molar-refractivity contribution in [3.63, 3.8) is 0 Å². The SMILES string of the molecule is c1csc(CNCCN(CC2CC2)CC2CC2)c1. The van der Waals surface area contributed by atoms with Crippen LogP contribution >= 0.6 is 11.3 Å². The Hall–Kier alpha value is -0.380. The van der Waals surface area contributed by atoms with Crippen LogP contribution in [-0.2, 0) is 6.54 Å². The third-order valence-electron chi connectivity index (χ3n) is 3.91. The van der Waals surface area contributed by atoms with Crippen LogP contribution in [0.2, 0.25) is 0 Å². The number of nitrogens with one attached hydrogen (secondary N) is 1. The lowest BCUT2D eigenvalue weighted by Crippen LogP contribution is -2.34. The van der Waals surface area contributed by atoms with Gasteiger partial charge in [-0.3, -0.25) is 0 Å². The highest BCUT2D eigenvalue weighted by atomic mass is 32.1. The molecule has 3 heteroatoms. The molecule has 18 heavy (non-hydrogen) atoms. The largest absolute Gasteiger partial charge is 0.311 e. The van der Waals surface area contributed by atoms with Gasteiger partial charge in [-0.1, -0.05) is 6.07 Å². The van der Waals surface area contributed by atoms with Crippen LogP contribution in [0.15, 0.2) is 17.5 Å². The van der Waals surface area contributed by atoms with Gasteiger partial charge < -0.3 is 10.2 Å². The highest BCUT2D eigenvalue weighted by molar-refractivity contribution is 7.09. The zero-order valence-electron chi connectivity index (χ0n) is 11.1. The van der Waals surface area contributed by atoms with Gasteiger partial charge in [0, 0.05) is 37.6 Å². The fraction of sp³-hybridized carbons (Fsp3) is 0.733. The van der Waals surface area contributed by atoms with Gasteiger partial charge in [0.15, 0.2) is 0 Å². The zero-order valence-corrected chi connectivity index (χ0v) is 11.9. The average molecular weight is 264 g/mol. The molecule has 2 aliphatic carbocycles. The van der Waals surface area contributed by atoms with Crippen LogP contribution in [0.3, 0.4) is 0 Å². The van der Waals surface area contributed by atoms with E-state index in [4.69, 9.17) is 0 Å². The Labute approximate surface area is 114 Å². The first kappa shape index (κ1) is 12.6. The summed E-state index contributed by atoms with van der Waals surface area (Å²) in [6, 6.07) is 4.35. The molecule has 100 valence electrons. The summed E-state index contributed by atoms with van der Waals surface area (Å²) >= 11 is 1.85. The van der Waals surface area contributed by atoms with Gasteiger partial charge in [-0.25, -0.2) is 0 Å². The standard InChI is InChI=1S/C15H24N2S/c1-2-15(18-9-1)10-16-7-8-17(11-13-3-4-13)12-14-5-6-14/h1-2,9,13-14,16H,3-8,10-12H2. The fourth-order valence-electron chi connectivity index (χ4n) is 2.45. The van der Waals surface area contributed by atoms with Crippen molar-refractivity contribution in [3.05, 3.63) is 22.4 Å². The summed E-state index contributed by atoms with van der Waals surface area (Å²) in [5.74, 6) is 2.06. The molecule has 0 spiro atoms. The summed E-state index contributed by atoms with van der Waals surface area (Å²) in [6.07, 6.45) is 5.90. The predicted octanol–water partition coefficient (Wildman–Crippen LogP) is 2.96. The van der Waals surface area contributed by atoms with E-state index in [2.05, 4.69) is 27.7 Å². The zero-order chi connectivity index (χ0) is 12.2. The summed E-state index contributed by atoms with van der Waals surface area (Å²) in [4.78, 5) is 4.16. The van der Waals surface area contributed by atoms with Crippen molar-refractivity contribution in [1.82, 2.24) is 10.2 Å². The first-order valence-electron chi connectivity index (χ1n) is 7.35. The van der Waals surface area contributed by atoms with Gasteiger partial charge in [0.05, 0.1) is 0 Å².